The van der Waals surface area contributed by atoms with E-state index in [-0.39, 0.29) is 17.7 Å². The Morgan fingerprint density at radius 2 is 2.26 bits per heavy atom. The van der Waals surface area contributed by atoms with Crippen LogP contribution in [0.4, 0.5) is 10.1 Å². The molecule has 2 N–H and O–H groups in total. The number of para-hydroxylation sites is 1. The number of anilines is 1. The molecule has 0 bridgehead atoms. The quantitative estimate of drug-likeness (QED) is 0.858. The molecule has 0 radical (unpaired) electrons. The van der Waals surface area contributed by atoms with Crippen molar-refractivity contribution >= 4 is 5.69 Å². The lowest BCUT2D eigenvalue weighted by molar-refractivity contribution is 0.0751. The summed E-state index contributed by atoms with van der Waals surface area (Å²) in [7, 11) is 1.62. The first-order valence-corrected chi connectivity index (χ1v) is 6.11. The highest BCUT2D eigenvalue weighted by atomic mass is 19.1. The van der Waals surface area contributed by atoms with Gasteiger partial charge in [0.25, 0.3) is 5.89 Å². The van der Waals surface area contributed by atoms with E-state index in [0.29, 0.717) is 17.3 Å². The van der Waals surface area contributed by atoms with Gasteiger partial charge in [-0.05, 0) is 30.9 Å². The molecule has 6 heteroatoms. The summed E-state index contributed by atoms with van der Waals surface area (Å²) in [5, 5.41) is 3.91. The topological polar surface area (TPSA) is 74.2 Å². The van der Waals surface area contributed by atoms with Crippen molar-refractivity contribution < 1.29 is 13.7 Å². The van der Waals surface area contributed by atoms with Gasteiger partial charge < -0.3 is 15.0 Å². The summed E-state index contributed by atoms with van der Waals surface area (Å²) >= 11 is 0. The minimum absolute atomic E-state index is 0.0121. The molecule has 1 aromatic heterocycles. The molecule has 0 amide bonds. The number of nitrogens with zero attached hydrogens (tertiary/aromatic N) is 2. The van der Waals surface area contributed by atoms with Crippen LogP contribution in [-0.4, -0.2) is 17.3 Å². The van der Waals surface area contributed by atoms with E-state index in [1.54, 1.807) is 19.2 Å². The molecular weight excluding hydrogens is 249 g/mol. The van der Waals surface area contributed by atoms with Gasteiger partial charge in [0.05, 0.1) is 11.3 Å². The number of hydrogen-bond donors (Lipinski definition) is 1. The molecule has 1 aromatic carbocycles. The molecular formula is C13H14FN3O2. The Kier molecular flexibility index (Phi) is 2.94. The van der Waals surface area contributed by atoms with E-state index in [1.807, 2.05) is 0 Å². The van der Waals surface area contributed by atoms with E-state index in [4.69, 9.17) is 15.0 Å². The van der Waals surface area contributed by atoms with Crippen molar-refractivity contribution in [3.8, 4) is 11.5 Å². The Balaban J connectivity index is 1.94. The van der Waals surface area contributed by atoms with Gasteiger partial charge in [-0.3, -0.25) is 0 Å². The van der Waals surface area contributed by atoms with Crippen LogP contribution in [0.2, 0.25) is 0 Å². The molecule has 1 atom stereocenters. The van der Waals surface area contributed by atoms with Crippen LogP contribution in [0.15, 0.2) is 22.7 Å². The highest BCUT2D eigenvalue weighted by molar-refractivity contribution is 5.70. The lowest BCUT2D eigenvalue weighted by atomic mass is 10.1. The Labute approximate surface area is 109 Å². The molecule has 1 aliphatic rings. The molecule has 0 saturated heterocycles. The van der Waals surface area contributed by atoms with Crippen molar-refractivity contribution in [3.63, 3.8) is 0 Å². The fourth-order valence-electron chi connectivity index (χ4n) is 2.09. The molecule has 1 unspecified atom stereocenters. The van der Waals surface area contributed by atoms with E-state index in [0.717, 1.165) is 12.8 Å². The van der Waals surface area contributed by atoms with Crippen molar-refractivity contribution in [2.24, 2.45) is 5.92 Å². The Morgan fingerprint density at radius 3 is 2.95 bits per heavy atom. The summed E-state index contributed by atoms with van der Waals surface area (Å²) in [5.74, 6) is 0.654. The van der Waals surface area contributed by atoms with Crippen molar-refractivity contribution in [3.05, 3.63) is 29.8 Å². The van der Waals surface area contributed by atoms with E-state index >= 15 is 0 Å². The summed E-state index contributed by atoms with van der Waals surface area (Å²) in [6.45, 7) is 0. The zero-order valence-corrected chi connectivity index (χ0v) is 10.5. The van der Waals surface area contributed by atoms with Gasteiger partial charge in [0.2, 0.25) is 5.82 Å². The van der Waals surface area contributed by atoms with Crippen molar-refractivity contribution in [2.75, 3.05) is 12.8 Å². The number of ether oxygens (including phenoxy) is 1. The standard InChI is InChI=1S/C13H14FN3O2/c1-18-11(7-5-6-7)12-16-13(19-17-12)8-3-2-4-9(14)10(8)15/h2-4,7,11H,5-6,15H2,1H3. The molecule has 0 aliphatic heterocycles. The third kappa shape index (κ3) is 2.19. The number of methoxy groups -OCH3 is 1. The predicted octanol–water partition coefficient (Wildman–Crippen LogP) is 2.56. The Bertz CT molecular complexity index is 595. The van der Waals surface area contributed by atoms with Crippen LogP contribution in [0.1, 0.15) is 24.8 Å². The maximum Gasteiger partial charge on any atom is 0.260 e. The number of nitrogens with two attached hydrogens (primary N) is 1. The minimum atomic E-state index is -0.497. The summed E-state index contributed by atoms with van der Waals surface area (Å²) in [6.07, 6.45) is 2.04. The molecule has 3 rings (SSSR count). The van der Waals surface area contributed by atoms with Gasteiger partial charge in [-0.15, -0.1) is 0 Å². The van der Waals surface area contributed by atoms with Crippen LogP contribution in [0.25, 0.3) is 11.5 Å². The first-order chi connectivity index (χ1) is 9.20. The largest absolute Gasteiger partial charge is 0.396 e. The molecule has 5 nitrogen and oxygen atoms in total. The molecule has 1 saturated carbocycles. The Hall–Kier alpha value is -1.95. The second-order valence-corrected chi connectivity index (χ2v) is 4.65. The van der Waals surface area contributed by atoms with Gasteiger partial charge in [0.15, 0.2) is 0 Å². The normalized spacial score (nSPS) is 16.5. The maximum absolute atomic E-state index is 13.4. The average molecular weight is 263 g/mol. The first kappa shape index (κ1) is 12.1. The molecule has 100 valence electrons. The second kappa shape index (κ2) is 4.62. The van der Waals surface area contributed by atoms with E-state index < -0.39 is 5.82 Å². The first-order valence-electron chi connectivity index (χ1n) is 6.11. The van der Waals surface area contributed by atoms with E-state index in [9.17, 15) is 4.39 Å². The van der Waals surface area contributed by atoms with Crippen LogP contribution in [-0.2, 0) is 4.74 Å². The predicted molar refractivity (Wildman–Crippen MR) is 66.6 cm³/mol. The summed E-state index contributed by atoms with van der Waals surface area (Å²) in [6, 6.07) is 4.49. The van der Waals surface area contributed by atoms with E-state index in [1.165, 1.54) is 6.07 Å². The molecule has 1 heterocycles. The molecule has 2 aromatic rings. The molecule has 19 heavy (non-hydrogen) atoms. The van der Waals surface area contributed by atoms with Gasteiger partial charge in [0, 0.05) is 7.11 Å². The lowest BCUT2D eigenvalue weighted by Crippen LogP contribution is -2.05. The number of aromatic nitrogens is 2. The highest BCUT2D eigenvalue weighted by Gasteiger charge is 2.35. The number of hydrogen-bond acceptors (Lipinski definition) is 5. The number of rotatable bonds is 4. The SMILES string of the molecule is COC(c1noc(-c2cccc(F)c2N)n1)C1CC1. The lowest BCUT2D eigenvalue weighted by Gasteiger charge is -2.08. The number of nitrogen functional groups attached to an aromatic ring is 1. The zero-order chi connectivity index (χ0) is 13.4. The van der Waals surface area contributed by atoms with Crippen LogP contribution < -0.4 is 5.73 Å². The van der Waals surface area contributed by atoms with Crippen LogP contribution >= 0.6 is 0 Å². The highest BCUT2D eigenvalue weighted by Crippen LogP contribution is 2.42. The van der Waals surface area contributed by atoms with Gasteiger partial charge in [0.1, 0.15) is 11.9 Å². The summed E-state index contributed by atoms with van der Waals surface area (Å²) in [4.78, 5) is 4.27. The smallest absolute Gasteiger partial charge is 0.260 e. The van der Waals surface area contributed by atoms with Crippen molar-refractivity contribution in [1.82, 2.24) is 10.1 Å². The van der Waals surface area contributed by atoms with Gasteiger partial charge in [-0.25, -0.2) is 4.39 Å². The number of halogens is 1. The van der Waals surface area contributed by atoms with E-state index in [2.05, 4.69) is 10.1 Å². The minimum Gasteiger partial charge on any atom is -0.396 e. The average Bonchev–Trinajstić information content (AvgIpc) is 3.12. The fourth-order valence-corrected chi connectivity index (χ4v) is 2.09. The van der Waals surface area contributed by atoms with Gasteiger partial charge in [-0.1, -0.05) is 11.2 Å². The van der Waals surface area contributed by atoms with Crippen molar-refractivity contribution in [1.29, 1.82) is 0 Å². The van der Waals surface area contributed by atoms with Crippen LogP contribution in [0.3, 0.4) is 0 Å². The molecule has 1 fully saturated rings. The summed E-state index contributed by atoms with van der Waals surface area (Å²) in [5.41, 5.74) is 6.09. The zero-order valence-electron chi connectivity index (χ0n) is 10.5. The number of benzene rings is 1. The molecule has 1 aliphatic carbocycles. The monoisotopic (exact) mass is 263 g/mol. The third-order valence-electron chi connectivity index (χ3n) is 3.28. The summed E-state index contributed by atoms with van der Waals surface area (Å²) < 4.78 is 23.9. The third-order valence-corrected chi connectivity index (χ3v) is 3.28. The molecule has 0 spiro atoms. The van der Waals surface area contributed by atoms with Crippen LogP contribution in [0.5, 0.6) is 0 Å². The van der Waals surface area contributed by atoms with Crippen molar-refractivity contribution in [2.45, 2.75) is 18.9 Å². The maximum atomic E-state index is 13.4. The second-order valence-electron chi connectivity index (χ2n) is 4.65. The fraction of sp³-hybridized carbons (Fsp3) is 0.385. The Morgan fingerprint density at radius 1 is 1.47 bits per heavy atom. The van der Waals surface area contributed by atoms with Gasteiger partial charge in [-0.2, -0.15) is 4.98 Å². The van der Waals surface area contributed by atoms with Gasteiger partial charge >= 0.3 is 0 Å². The van der Waals surface area contributed by atoms with Crippen LogP contribution in [0, 0.1) is 11.7 Å².